The maximum atomic E-state index is 11.3. The summed E-state index contributed by atoms with van der Waals surface area (Å²) in [6.45, 7) is 3.92. The largest absolute Gasteiger partial charge is 0.377 e. The molecule has 0 aliphatic carbocycles. The first kappa shape index (κ1) is 11.8. The SMILES string of the molecule is CCC(C)S(=O)CC(=O)COC. The van der Waals surface area contributed by atoms with Crippen molar-refractivity contribution < 1.29 is 13.7 Å². The van der Waals surface area contributed by atoms with Gasteiger partial charge in [-0.3, -0.25) is 9.00 Å². The molecule has 2 atom stereocenters. The topological polar surface area (TPSA) is 43.4 Å². The van der Waals surface area contributed by atoms with E-state index in [2.05, 4.69) is 4.74 Å². The molecule has 3 nitrogen and oxygen atoms in total. The molecule has 0 aromatic heterocycles. The van der Waals surface area contributed by atoms with Crippen LogP contribution < -0.4 is 0 Å². The van der Waals surface area contributed by atoms with Gasteiger partial charge in [-0.25, -0.2) is 0 Å². The zero-order valence-electron chi connectivity index (χ0n) is 7.83. The quantitative estimate of drug-likeness (QED) is 0.623. The molecule has 0 N–H and O–H groups in total. The summed E-state index contributed by atoms with van der Waals surface area (Å²) in [5.74, 6) is 0.0409. The zero-order valence-corrected chi connectivity index (χ0v) is 8.65. The summed E-state index contributed by atoms with van der Waals surface area (Å²) in [5, 5.41) is 0.103. The Morgan fingerprint density at radius 3 is 2.58 bits per heavy atom. The number of methoxy groups -OCH3 is 1. The van der Waals surface area contributed by atoms with Crippen molar-refractivity contribution in [3.05, 3.63) is 0 Å². The lowest BCUT2D eigenvalue weighted by atomic mass is 10.4. The molecule has 72 valence electrons. The fourth-order valence-corrected chi connectivity index (χ4v) is 1.75. The van der Waals surface area contributed by atoms with Gasteiger partial charge in [-0.2, -0.15) is 0 Å². The van der Waals surface area contributed by atoms with Crippen molar-refractivity contribution in [1.29, 1.82) is 0 Å². The van der Waals surface area contributed by atoms with Crippen LogP contribution in [0.15, 0.2) is 0 Å². The second-order valence-electron chi connectivity index (χ2n) is 2.72. The zero-order chi connectivity index (χ0) is 9.56. The third kappa shape index (κ3) is 4.62. The van der Waals surface area contributed by atoms with Crippen LogP contribution in [-0.2, 0) is 20.3 Å². The predicted octanol–water partition coefficient (Wildman–Crippen LogP) is 0.749. The molecule has 0 radical (unpaired) electrons. The maximum Gasteiger partial charge on any atom is 0.170 e. The van der Waals surface area contributed by atoms with Gasteiger partial charge in [0.2, 0.25) is 0 Å². The van der Waals surface area contributed by atoms with Crippen molar-refractivity contribution in [3.63, 3.8) is 0 Å². The molecule has 0 amide bonds. The van der Waals surface area contributed by atoms with Crippen molar-refractivity contribution >= 4 is 16.6 Å². The highest BCUT2D eigenvalue weighted by Gasteiger charge is 2.12. The highest BCUT2D eigenvalue weighted by molar-refractivity contribution is 7.86. The Hall–Kier alpha value is -0.220. The van der Waals surface area contributed by atoms with Crippen molar-refractivity contribution in [2.24, 2.45) is 0 Å². The van der Waals surface area contributed by atoms with Crippen LogP contribution in [0.25, 0.3) is 0 Å². The number of ketones is 1. The molecule has 0 aliphatic heterocycles. The first-order valence-electron chi connectivity index (χ1n) is 3.99. The van der Waals surface area contributed by atoms with Gasteiger partial charge in [0.05, 0.1) is 5.75 Å². The first-order valence-corrected chi connectivity index (χ1v) is 5.37. The van der Waals surface area contributed by atoms with Crippen molar-refractivity contribution in [2.75, 3.05) is 19.5 Å². The van der Waals surface area contributed by atoms with E-state index in [9.17, 15) is 9.00 Å². The Balaban J connectivity index is 3.76. The minimum atomic E-state index is -1.03. The van der Waals surface area contributed by atoms with E-state index in [0.29, 0.717) is 0 Å². The molecule has 0 aliphatic rings. The van der Waals surface area contributed by atoms with E-state index >= 15 is 0 Å². The van der Waals surface area contributed by atoms with Gasteiger partial charge in [0.25, 0.3) is 0 Å². The number of Topliss-reactive ketones (excluding diaryl/α,β-unsaturated/α-hetero) is 1. The second-order valence-corrected chi connectivity index (χ2v) is 4.57. The molecule has 0 rings (SSSR count). The van der Waals surface area contributed by atoms with E-state index in [1.807, 2.05) is 13.8 Å². The lowest BCUT2D eigenvalue weighted by Crippen LogP contribution is -2.21. The van der Waals surface area contributed by atoms with Gasteiger partial charge >= 0.3 is 0 Å². The molecule has 0 spiro atoms. The Kier molecular flexibility index (Phi) is 6.20. The van der Waals surface area contributed by atoms with Crippen LogP contribution in [0.2, 0.25) is 0 Å². The van der Waals surface area contributed by atoms with E-state index in [1.165, 1.54) is 7.11 Å². The van der Waals surface area contributed by atoms with E-state index in [-0.39, 0.29) is 23.4 Å². The fraction of sp³-hybridized carbons (Fsp3) is 0.875. The Bertz CT molecular complexity index is 168. The third-order valence-electron chi connectivity index (χ3n) is 1.63. The molecule has 0 aromatic rings. The van der Waals surface area contributed by atoms with Crippen molar-refractivity contribution in [1.82, 2.24) is 0 Å². The smallest absolute Gasteiger partial charge is 0.170 e. The van der Waals surface area contributed by atoms with Gasteiger partial charge in [0.15, 0.2) is 5.78 Å². The third-order valence-corrected chi connectivity index (χ3v) is 3.47. The second kappa shape index (κ2) is 6.31. The summed E-state index contributed by atoms with van der Waals surface area (Å²) in [6, 6.07) is 0. The molecule has 4 heteroatoms. The van der Waals surface area contributed by atoms with E-state index in [4.69, 9.17) is 0 Å². The van der Waals surface area contributed by atoms with E-state index in [0.717, 1.165) is 6.42 Å². The van der Waals surface area contributed by atoms with Crippen LogP contribution in [0, 0.1) is 0 Å². The molecule has 0 saturated carbocycles. The molecule has 12 heavy (non-hydrogen) atoms. The van der Waals surface area contributed by atoms with Crippen molar-refractivity contribution in [2.45, 2.75) is 25.5 Å². The van der Waals surface area contributed by atoms with Gasteiger partial charge in [0, 0.05) is 23.2 Å². The fourth-order valence-electron chi connectivity index (χ4n) is 0.689. The standard InChI is InChI=1S/C8H16O3S/c1-4-7(2)12(10)6-8(9)5-11-3/h7H,4-6H2,1-3H3. The highest BCUT2D eigenvalue weighted by atomic mass is 32.2. The highest BCUT2D eigenvalue weighted by Crippen LogP contribution is 2.00. The molecule has 0 aromatic carbocycles. The first-order chi connectivity index (χ1) is 5.61. The number of hydrogen-bond acceptors (Lipinski definition) is 3. The van der Waals surface area contributed by atoms with Gasteiger partial charge in [0.1, 0.15) is 6.61 Å². The lowest BCUT2D eigenvalue weighted by molar-refractivity contribution is -0.120. The molecular formula is C8H16O3S. The molecular weight excluding hydrogens is 176 g/mol. The average Bonchev–Trinajstić information content (AvgIpc) is 2.03. The minimum absolute atomic E-state index is 0.0716. The summed E-state index contributed by atoms with van der Waals surface area (Å²) >= 11 is 0. The Labute approximate surface area is 75.9 Å². The molecule has 0 bridgehead atoms. The summed E-state index contributed by atoms with van der Waals surface area (Å²) in [6.07, 6.45) is 0.840. The lowest BCUT2D eigenvalue weighted by Gasteiger charge is -2.06. The van der Waals surface area contributed by atoms with Crippen LogP contribution in [0.4, 0.5) is 0 Å². The van der Waals surface area contributed by atoms with E-state index < -0.39 is 10.8 Å². The Morgan fingerprint density at radius 1 is 1.58 bits per heavy atom. The monoisotopic (exact) mass is 192 g/mol. The van der Waals surface area contributed by atoms with Crippen LogP contribution in [0.5, 0.6) is 0 Å². The maximum absolute atomic E-state index is 11.3. The van der Waals surface area contributed by atoms with Crippen LogP contribution in [-0.4, -0.2) is 34.7 Å². The molecule has 2 unspecified atom stereocenters. The average molecular weight is 192 g/mol. The summed E-state index contributed by atoms with van der Waals surface area (Å²) in [7, 11) is 0.436. The van der Waals surface area contributed by atoms with Crippen LogP contribution in [0.3, 0.4) is 0 Å². The summed E-state index contributed by atoms with van der Waals surface area (Å²) in [5.41, 5.74) is 0. The number of carbonyl (C=O) groups excluding carboxylic acids is 1. The van der Waals surface area contributed by atoms with Crippen LogP contribution in [0.1, 0.15) is 20.3 Å². The summed E-state index contributed by atoms with van der Waals surface area (Å²) < 4.78 is 15.9. The normalized spacial score (nSPS) is 15.6. The summed E-state index contributed by atoms with van der Waals surface area (Å²) in [4.78, 5) is 11.0. The number of rotatable bonds is 6. The number of carbonyl (C=O) groups is 1. The number of hydrogen-bond donors (Lipinski definition) is 0. The van der Waals surface area contributed by atoms with Crippen molar-refractivity contribution in [3.8, 4) is 0 Å². The predicted molar refractivity (Wildman–Crippen MR) is 49.6 cm³/mol. The molecule has 0 heterocycles. The van der Waals surface area contributed by atoms with Crippen LogP contribution >= 0.6 is 0 Å². The Morgan fingerprint density at radius 2 is 2.17 bits per heavy atom. The van der Waals surface area contributed by atoms with Gasteiger partial charge < -0.3 is 4.74 Å². The van der Waals surface area contributed by atoms with Gasteiger partial charge in [-0.05, 0) is 6.42 Å². The van der Waals surface area contributed by atoms with Gasteiger partial charge in [-0.15, -0.1) is 0 Å². The minimum Gasteiger partial charge on any atom is -0.377 e. The van der Waals surface area contributed by atoms with E-state index in [1.54, 1.807) is 0 Å². The molecule has 0 fully saturated rings. The molecule has 0 saturated heterocycles. The number of ether oxygens (including phenoxy) is 1. The van der Waals surface area contributed by atoms with Gasteiger partial charge in [-0.1, -0.05) is 13.8 Å².